The van der Waals surface area contributed by atoms with Crippen molar-refractivity contribution < 1.29 is 41.4 Å². The Morgan fingerprint density at radius 2 is 1.80 bits per heavy atom. The van der Waals surface area contributed by atoms with E-state index in [-0.39, 0.29) is 24.1 Å². The van der Waals surface area contributed by atoms with Gasteiger partial charge in [-0.3, -0.25) is 14.4 Å². The first-order chi connectivity index (χ1) is 16.6. The Bertz CT molecular complexity index is 1120. The monoisotopic (exact) mass is 516 g/mol. The zero-order chi connectivity index (χ0) is 25.7. The lowest BCUT2D eigenvalue weighted by Gasteiger charge is -2.32. The number of carbonyl (C=O) groups is 3. The van der Waals surface area contributed by atoms with Gasteiger partial charge in [-0.1, -0.05) is 11.6 Å². The number of piperidine rings is 1. The Morgan fingerprint density at radius 1 is 1.11 bits per heavy atom. The third-order valence-corrected chi connectivity index (χ3v) is 5.62. The SMILES string of the molecule is COc1ccc(Cl)cc1C(=O)N1CCC[C@@H](C(=O)NCC(=O)COc2c(F)c(F)cc(F)c2F)C1. The Morgan fingerprint density at radius 3 is 2.46 bits per heavy atom. The molecule has 188 valence electrons. The molecule has 0 radical (unpaired) electrons. The number of Topliss-reactive ketones (excluding diaryl/α,β-unsaturated/α-hetero) is 1. The lowest BCUT2D eigenvalue weighted by Crippen LogP contribution is -2.46. The predicted octanol–water partition coefficient (Wildman–Crippen LogP) is 3.52. The minimum absolute atomic E-state index is 0.0141. The molecule has 0 saturated carbocycles. The lowest BCUT2D eigenvalue weighted by atomic mass is 9.96. The molecule has 1 aliphatic heterocycles. The Kier molecular flexibility index (Phi) is 8.55. The molecule has 1 aliphatic rings. The maximum Gasteiger partial charge on any atom is 0.257 e. The van der Waals surface area contributed by atoms with Crippen LogP contribution in [0.15, 0.2) is 24.3 Å². The number of nitrogens with one attached hydrogen (secondary N) is 1. The molecule has 12 heteroatoms. The molecule has 0 spiro atoms. The van der Waals surface area contributed by atoms with Crippen LogP contribution in [0, 0.1) is 29.2 Å². The number of methoxy groups -OCH3 is 1. The number of halogens is 5. The van der Waals surface area contributed by atoms with Gasteiger partial charge in [-0.15, -0.1) is 0 Å². The van der Waals surface area contributed by atoms with Crippen molar-refractivity contribution >= 4 is 29.2 Å². The summed E-state index contributed by atoms with van der Waals surface area (Å²) in [6, 6.07) is 4.63. The summed E-state index contributed by atoms with van der Waals surface area (Å²) in [7, 11) is 1.42. The zero-order valence-corrected chi connectivity index (χ0v) is 19.3. The van der Waals surface area contributed by atoms with E-state index in [1.807, 2.05) is 0 Å². The van der Waals surface area contributed by atoms with Crippen LogP contribution in [0.4, 0.5) is 17.6 Å². The fourth-order valence-corrected chi connectivity index (χ4v) is 3.78. The Balaban J connectivity index is 1.55. The molecule has 2 aromatic rings. The largest absolute Gasteiger partial charge is 0.496 e. The first-order valence-corrected chi connectivity index (χ1v) is 10.9. The minimum Gasteiger partial charge on any atom is -0.496 e. The molecule has 7 nitrogen and oxygen atoms in total. The van der Waals surface area contributed by atoms with Crippen molar-refractivity contribution in [1.29, 1.82) is 0 Å². The van der Waals surface area contributed by atoms with E-state index in [9.17, 15) is 31.9 Å². The average Bonchev–Trinajstić information content (AvgIpc) is 2.85. The summed E-state index contributed by atoms with van der Waals surface area (Å²) in [4.78, 5) is 39.0. The fourth-order valence-electron chi connectivity index (χ4n) is 3.60. The van der Waals surface area contributed by atoms with Crippen LogP contribution >= 0.6 is 11.6 Å². The zero-order valence-electron chi connectivity index (χ0n) is 18.5. The van der Waals surface area contributed by atoms with Crippen molar-refractivity contribution in [3.8, 4) is 11.5 Å². The number of hydrogen-bond acceptors (Lipinski definition) is 5. The highest BCUT2D eigenvalue weighted by molar-refractivity contribution is 6.31. The topological polar surface area (TPSA) is 84.9 Å². The second-order valence-electron chi connectivity index (χ2n) is 7.78. The minimum atomic E-state index is -1.77. The molecule has 0 bridgehead atoms. The van der Waals surface area contributed by atoms with Gasteiger partial charge >= 0.3 is 0 Å². The molecule has 2 aromatic carbocycles. The highest BCUT2D eigenvalue weighted by Crippen LogP contribution is 2.27. The number of rotatable bonds is 8. The van der Waals surface area contributed by atoms with Crippen molar-refractivity contribution in [3.63, 3.8) is 0 Å². The van der Waals surface area contributed by atoms with Gasteiger partial charge in [0, 0.05) is 24.2 Å². The first-order valence-electron chi connectivity index (χ1n) is 10.5. The summed E-state index contributed by atoms with van der Waals surface area (Å²) < 4.78 is 63.5. The van der Waals surface area contributed by atoms with Crippen LogP contribution in [0.25, 0.3) is 0 Å². The number of likely N-dealkylation sites (tertiary alicyclic amines) is 1. The van der Waals surface area contributed by atoms with Crippen LogP contribution < -0.4 is 14.8 Å². The molecular weight excluding hydrogens is 496 g/mol. The maximum atomic E-state index is 13.6. The third-order valence-electron chi connectivity index (χ3n) is 5.38. The number of benzene rings is 2. The molecule has 1 atom stereocenters. The van der Waals surface area contributed by atoms with E-state index < -0.39 is 59.8 Å². The molecule has 0 unspecified atom stereocenters. The molecule has 1 saturated heterocycles. The van der Waals surface area contributed by atoms with Crippen molar-refractivity contribution in [2.45, 2.75) is 12.8 Å². The van der Waals surface area contributed by atoms with Gasteiger partial charge in [0.25, 0.3) is 5.91 Å². The summed E-state index contributed by atoms with van der Waals surface area (Å²) in [5.74, 6) is -10.2. The quantitative estimate of drug-likeness (QED) is 0.429. The van der Waals surface area contributed by atoms with E-state index in [0.29, 0.717) is 30.2 Å². The second kappa shape index (κ2) is 11.4. The molecule has 2 amide bonds. The molecule has 1 N–H and O–H groups in total. The first kappa shape index (κ1) is 26.3. The maximum absolute atomic E-state index is 13.6. The van der Waals surface area contributed by atoms with E-state index in [4.69, 9.17) is 16.3 Å². The van der Waals surface area contributed by atoms with Gasteiger partial charge in [0.15, 0.2) is 23.2 Å². The van der Waals surface area contributed by atoms with Gasteiger partial charge in [-0.25, -0.2) is 8.78 Å². The average molecular weight is 517 g/mol. The number of carbonyl (C=O) groups excluding carboxylic acids is 3. The Labute approximate surface area is 202 Å². The summed E-state index contributed by atoms with van der Waals surface area (Å²) in [5, 5.41) is 2.73. The van der Waals surface area contributed by atoms with Gasteiger partial charge < -0.3 is 19.7 Å². The van der Waals surface area contributed by atoms with Crippen LogP contribution in [0.2, 0.25) is 5.02 Å². The van der Waals surface area contributed by atoms with Gasteiger partial charge in [0.1, 0.15) is 12.4 Å². The summed E-state index contributed by atoms with van der Waals surface area (Å²) >= 11 is 5.99. The molecule has 0 aromatic heterocycles. The third kappa shape index (κ3) is 6.21. The molecule has 35 heavy (non-hydrogen) atoms. The normalized spacial score (nSPS) is 15.5. The number of amides is 2. The number of ketones is 1. The molecule has 3 rings (SSSR count). The molecule has 0 aliphatic carbocycles. The van der Waals surface area contributed by atoms with Gasteiger partial charge in [-0.2, -0.15) is 8.78 Å². The highest BCUT2D eigenvalue weighted by Gasteiger charge is 2.30. The highest BCUT2D eigenvalue weighted by atomic mass is 35.5. The lowest BCUT2D eigenvalue weighted by molar-refractivity contribution is -0.129. The van der Waals surface area contributed by atoms with Crippen molar-refractivity contribution in [2.24, 2.45) is 5.92 Å². The van der Waals surface area contributed by atoms with Crippen molar-refractivity contribution in [1.82, 2.24) is 10.2 Å². The standard InChI is InChI=1S/C23H21ClF4N2O5/c1-34-18-5-4-13(24)7-15(18)23(33)30-6-2-3-12(10-30)22(32)29-9-14(31)11-35-21-19(27)16(25)8-17(26)20(21)28/h4-5,7-8,12H,2-3,6,9-11H2,1H3,(H,29,32)/t12-/m1/s1. The molecular formula is C23H21ClF4N2O5. The summed E-state index contributed by atoms with van der Waals surface area (Å²) in [5.41, 5.74) is 0.252. The van der Waals surface area contributed by atoms with E-state index >= 15 is 0 Å². The van der Waals surface area contributed by atoms with Crippen LogP contribution in [0.5, 0.6) is 11.5 Å². The summed E-state index contributed by atoms with van der Waals surface area (Å²) in [6.45, 7) is -0.982. The number of hydrogen-bond donors (Lipinski definition) is 1. The van der Waals surface area contributed by atoms with E-state index in [2.05, 4.69) is 10.1 Å². The van der Waals surface area contributed by atoms with E-state index in [1.54, 1.807) is 12.1 Å². The predicted molar refractivity (Wildman–Crippen MR) is 116 cm³/mol. The van der Waals surface area contributed by atoms with E-state index in [1.165, 1.54) is 18.1 Å². The molecule has 1 heterocycles. The fraction of sp³-hybridized carbons (Fsp3) is 0.348. The van der Waals surface area contributed by atoms with Gasteiger partial charge in [0.05, 0.1) is 25.1 Å². The smallest absolute Gasteiger partial charge is 0.257 e. The van der Waals surface area contributed by atoms with Crippen molar-refractivity contribution in [2.75, 3.05) is 33.4 Å². The van der Waals surface area contributed by atoms with Gasteiger partial charge in [-0.05, 0) is 31.0 Å². The number of nitrogens with zero attached hydrogens (tertiary/aromatic N) is 1. The van der Waals surface area contributed by atoms with Crippen LogP contribution in [-0.4, -0.2) is 55.8 Å². The van der Waals surface area contributed by atoms with Crippen LogP contribution in [-0.2, 0) is 9.59 Å². The number of ether oxygens (including phenoxy) is 2. The van der Waals surface area contributed by atoms with Gasteiger partial charge in [0.2, 0.25) is 17.5 Å². The van der Waals surface area contributed by atoms with Crippen molar-refractivity contribution in [3.05, 3.63) is 58.1 Å². The van der Waals surface area contributed by atoms with E-state index in [0.717, 1.165) is 0 Å². The molecule has 1 fully saturated rings. The Hall–Kier alpha value is -3.34. The second-order valence-corrected chi connectivity index (χ2v) is 8.21. The van der Waals surface area contributed by atoms with Crippen LogP contribution in [0.1, 0.15) is 23.2 Å². The van der Waals surface area contributed by atoms with Crippen LogP contribution in [0.3, 0.4) is 0 Å². The summed E-state index contributed by atoms with van der Waals surface area (Å²) in [6.07, 6.45) is 0.999.